The molecule has 0 radical (unpaired) electrons. The lowest BCUT2D eigenvalue weighted by Crippen LogP contribution is -2.27. The molecule has 0 bridgehead atoms. The number of aliphatic hydroxyl groups is 1. The predicted octanol–water partition coefficient (Wildman–Crippen LogP) is 2.33. The van der Waals surface area contributed by atoms with Crippen LogP contribution in [0.4, 0.5) is 4.39 Å². The van der Waals surface area contributed by atoms with Crippen molar-refractivity contribution in [3.8, 4) is 5.75 Å². The highest BCUT2D eigenvalue weighted by atomic mass is 19.1. The number of hydrogen-bond acceptors (Lipinski definition) is 3. The second kappa shape index (κ2) is 7.34. The monoisotopic (exact) mass is 255 g/mol. The first kappa shape index (κ1) is 14.9. The topological polar surface area (TPSA) is 41.5 Å². The Balaban J connectivity index is 2.44. The van der Waals surface area contributed by atoms with Gasteiger partial charge < -0.3 is 15.2 Å². The molecular weight excluding hydrogens is 233 g/mol. The molecule has 0 aliphatic carbocycles. The molecule has 0 saturated carbocycles. The number of halogens is 1. The molecule has 4 heteroatoms. The Kier molecular flexibility index (Phi) is 6.09. The molecule has 1 rings (SSSR count). The van der Waals surface area contributed by atoms with Gasteiger partial charge in [0.2, 0.25) is 0 Å². The Bertz CT molecular complexity index is 369. The van der Waals surface area contributed by atoms with E-state index in [4.69, 9.17) is 4.74 Å². The van der Waals surface area contributed by atoms with Crippen LogP contribution in [0.3, 0.4) is 0 Å². The van der Waals surface area contributed by atoms with E-state index >= 15 is 0 Å². The Hall–Kier alpha value is -1.13. The van der Waals surface area contributed by atoms with Gasteiger partial charge in [-0.15, -0.1) is 0 Å². The molecule has 18 heavy (non-hydrogen) atoms. The van der Waals surface area contributed by atoms with E-state index in [0.29, 0.717) is 24.6 Å². The maximum atomic E-state index is 13.8. The van der Waals surface area contributed by atoms with E-state index in [-0.39, 0.29) is 11.6 Å². The van der Waals surface area contributed by atoms with Crippen LogP contribution in [-0.4, -0.2) is 24.9 Å². The molecular formula is C14H22FNO2. The standard InChI is InChI=1S/C14H22FNO2/c1-10(2)7-12(17)9-16-8-11-5-4-6-13(18-3)14(11)15/h4-6,10,12,16-17H,7-9H2,1-3H3. The summed E-state index contributed by atoms with van der Waals surface area (Å²) < 4.78 is 18.7. The van der Waals surface area contributed by atoms with Crippen LogP contribution in [0.2, 0.25) is 0 Å². The van der Waals surface area contributed by atoms with E-state index < -0.39 is 6.10 Å². The average molecular weight is 255 g/mol. The highest BCUT2D eigenvalue weighted by Gasteiger charge is 2.09. The van der Waals surface area contributed by atoms with E-state index in [0.717, 1.165) is 6.42 Å². The summed E-state index contributed by atoms with van der Waals surface area (Å²) in [5.41, 5.74) is 0.547. The van der Waals surface area contributed by atoms with Gasteiger partial charge in [0.1, 0.15) is 0 Å². The van der Waals surface area contributed by atoms with E-state index in [1.165, 1.54) is 7.11 Å². The maximum Gasteiger partial charge on any atom is 0.169 e. The van der Waals surface area contributed by atoms with Crippen molar-refractivity contribution >= 4 is 0 Å². The quantitative estimate of drug-likeness (QED) is 0.785. The van der Waals surface area contributed by atoms with Gasteiger partial charge in [0.25, 0.3) is 0 Å². The summed E-state index contributed by atoms with van der Waals surface area (Å²) in [6.07, 6.45) is 0.354. The van der Waals surface area contributed by atoms with Crippen molar-refractivity contribution in [1.82, 2.24) is 5.32 Å². The molecule has 0 aliphatic heterocycles. The van der Waals surface area contributed by atoms with Crippen LogP contribution >= 0.6 is 0 Å². The van der Waals surface area contributed by atoms with Crippen LogP contribution in [0, 0.1) is 11.7 Å². The fraction of sp³-hybridized carbons (Fsp3) is 0.571. The number of nitrogens with one attached hydrogen (secondary N) is 1. The highest BCUT2D eigenvalue weighted by Crippen LogP contribution is 2.19. The summed E-state index contributed by atoms with van der Waals surface area (Å²) in [6, 6.07) is 5.05. The van der Waals surface area contributed by atoms with Crippen LogP contribution in [0.5, 0.6) is 5.75 Å². The van der Waals surface area contributed by atoms with Crippen molar-refractivity contribution in [3.63, 3.8) is 0 Å². The van der Waals surface area contributed by atoms with Gasteiger partial charge in [-0.3, -0.25) is 0 Å². The van der Waals surface area contributed by atoms with E-state index in [1.807, 2.05) is 0 Å². The molecule has 0 aliphatic rings. The first-order chi connectivity index (χ1) is 8.54. The zero-order valence-electron chi connectivity index (χ0n) is 11.2. The molecule has 1 aromatic carbocycles. The van der Waals surface area contributed by atoms with Crippen molar-refractivity contribution < 1.29 is 14.2 Å². The fourth-order valence-corrected chi connectivity index (χ4v) is 1.85. The highest BCUT2D eigenvalue weighted by molar-refractivity contribution is 5.30. The van der Waals surface area contributed by atoms with Crippen molar-refractivity contribution in [2.45, 2.75) is 32.9 Å². The molecule has 0 amide bonds. The third-order valence-corrected chi connectivity index (χ3v) is 2.70. The van der Waals surface area contributed by atoms with Crippen molar-refractivity contribution in [1.29, 1.82) is 0 Å². The van der Waals surface area contributed by atoms with Gasteiger partial charge >= 0.3 is 0 Å². The largest absolute Gasteiger partial charge is 0.494 e. The third-order valence-electron chi connectivity index (χ3n) is 2.70. The fourth-order valence-electron chi connectivity index (χ4n) is 1.85. The average Bonchev–Trinajstić information content (AvgIpc) is 2.30. The zero-order chi connectivity index (χ0) is 13.5. The van der Waals surface area contributed by atoms with Gasteiger partial charge in [0, 0.05) is 18.7 Å². The van der Waals surface area contributed by atoms with Gasteiger partial charge in [-0.05, 0) is 18.4 Å². The first-order valence-corrected chi connectivity index (χ1v) is 6.24. The maximum absolute atomic E-state index is 13.8. The summed E-state index contributed by atoms with van der Waals surface area (Å²) in [7, 11) is 1.45. The number of aliphatic hydroxyl groups excluding tert-OH is 1. The van der Waals surface area contributed by atoms with Gasteiger partial charge in [0.15, 0.2) is 11.6 Å². The van der Waals surface area contributed by atoms with Gasteiger partial charge in [0.05, 0.1) is 13.2 Å². The third kappa shape index (κ3) is 4.63. The van der Waals surface area contributed by atoms with Crippen LogP contribution in [0.15, 0.2) is 18.2 Å². The van der Waals surface area contributed by atoms with E-state index in [2.05, 4.69) is 19.2 Å². The van der Waals surface area contributed by atoms with Crippen molar-refractivity contribution in [2.24, 2.45) is 5.92 Å². The molecule has 0 heterocycles. The smallest absolute Gasteiger partial charge is 0.169 e. The molecule has 1 unspecified atom stereocenters. The van der Waals surface area contributed by atoms with Gasteiger partial charge in [-0.2, -0.15) is 0 Å². The molecule has 0 spiro atoms. The van der Waals surface area contributed by atoms with Crippen molar-refractivity contribution in [3.05, 3.63) is 29.6 Å². The summed E-state index contributed by atoms with van der Waals surface area (Å²) in [6.45, 7) is 4.98. The number of methoxy groups -OCH3 is 1. The lowest BCUT2D eigenvalue weighted by molar-refractivity contribution is 0.146. The molecule has 1 atom stereocenters. The number of rotatable bonds is 7. The predicted molar refractivity (Wildman–Crippen MR) is 70.1 cm³/mol. The Morgan fingerprint density at radius 3 is 2.72 bits per heavy atom. The molecule has 0 fully saturated rings. The lowest BCUT2D eigenvalue weighted by atomic mass is 10.1. The van der Waals surface area contributed by atoms with E-state index in [1.54, 1.807) is 18.2 Å². The molecule has 0 saturated heterocycles. The summed E-state index contributed by atoms with van der Waals surface area (Å²) in [5, 5.41) is 12.7. The zero-order valence-corrected chi connectivity index (χ0v) is 11.2. The Labute approximate surface area is 108 Å². The summed E-state index contributed by atoms with van der Waals surface area (Å²) >= 11 is 0. The Morgan fingerprint density at radius 2 is 2.11 bits per heavy atom. The number of hydrogen-bond donors (Lipinski definition) is 2. The number of benzene rings is 1. The second-order valence-corrected chi connectivity index (χ2v) is 4.85. The van der Waals surface area contributed by atoms with Crippen molar-refractivity contribution in [2.75, 3.05) is 13.7 Å². The van der Waals surface area contributed by atoms with Gasteiger partial charge in [-0.1, -0.05) is 26.0 Å². The van der Waals surface area contributed by atoms with E-state index in [9.17, 15) is 9.50 Å². The second-order valence-electron chi connectivity index (χ2n) is 4.85. The minimum absolute atomic E-state index is 0.247. The number of ether oxygens (including phenoxy) is 1. The van der Waals surface area contributed by atoms with Crippen LogP contribution < -0.4 is 10.1 Å². The molecule has 2 N–H and O–H groups in total. The SMILES string of the molecule is COc1cccc(CNCC(O)CC(C)C)c1F. The molecule has 1 aromatic rings. The molecule has 0 aromatic heterocycles. The minimum atomic E-state index is -0.390. The summed E-state index contributed by atoms with van der Waals surface area (Å²) in [5.74, 6) is 0.359. The molecule has 102 valence electrons. The lowest BCUT2D eigenvalue weighted by Gasteiger charge is -2.14. The van der Waals surface area contributed by atoms with Crippen LogP contribution in [-0.2, 0) is 6.54 Å². The Morgan fingerprint density at radius 1 is 1.39 bits per heavy atom. The first-order valence-electron chi connectivity index (χ1n) is 6.24. The minimum Gasteiger partial charge on any atom is -0.494 e. The van der Waals surface area contributed by atoms with Crippen LogP contribution in [0.25, 0.3) is 0 Å². The molecule has 3 nitrogen and oxygen atoms in total. The normalized spacial score (nSPS) is 12.8. The summed E-state index contributed by atoms with van der Waals surface area (Å²) in [4.78, 5) is 0. The van der Waals surface area contributed by atoms with Crippen LogP contribution in [0.1, 0.15) is 25.8 Å². The van der Waals surface area contributed by atoms with Gasteiger partial charge in [-0.25, -0.2) is 4.39 Å².